The summed E-state index contributed by atoms with van der Waals surface area (Å²) in [6.45, 7) is 1.92. The molecule has 0 saturated carbocycles. The number of amides is 1. The number of benzene rings is 2. The lowest BCUT2D eigenvalue weighted by Gasteiger charge is -2.06. The van der Waals surface area contributed by atoms with Gasteiger partial charge in [-0.05, 0) is 59.8 Å². The fourth-order valence-electron chi connectivity index (χ4n) is 1.56. The van der Waals surface area contributed by atoms with Crippen molar-refractivity contribution < 1.29 is 9.18 Å². The molecule has 0 saturated heterocycles. The van der Waals surface area contributed by atoms with Gasteiger partial charge in [0, 0.05) is 14.8 Å². The molecule has 2 nitrogen and oxygen atoms in total. The standard InChI is InChI=1S/C14H11FINO/c1-9-3-2-4-10(7-9)14(18)17-11-5-6-13(16)12(15)8-11/h2-8H,1H3,(H,17,18). The summed E-state index contributed by atoms with van der Waals surface area (Å²) in [7, 11) is 0. The number of anilines is 1. The van der Waals surface area contributed by atoms with Crippen molar-refractivity contribution in [3.05, 3.63) is 63.0 Å². The van der Waals surface area contributed by atoms with Gasteiger partial charge in [0.05, 0.1) is 0 Å². The van der Waals surface area contributed by atoms with Crippen molar-refractivity contribution in [2.75, 3.05) is 5.32 Å². The summed E-state index contributed by atoms with van der Waals surface area (Å²) in [4.78, 5) is 11.9. The van der Waals surface area contributed by atoms with Crippen LogP contribution in [-0.4, -0.2) is 5.91 Å². The average Bonchev–Trinajstić information content (AvgIpc) is 2.34. The van der Waals surface area contributed by atoms with E-state index < -0.39 is 0 Å². The maximum absolute atomic E-state index is 13.3. The predicted molar refractivity (Wildman–Crippen MR) is 78.2 cm³/mol. The minimum Gasteiger partial charge on any atom is -0.322 e. The van der Waals surface area contributed by atoms with Crippen LogP contribution in [0.4, 0.5) is 10.1 Å². The summed E-state index contributed by atoms with van der Waals surface area (Å²) in [6.07, 6.45) is 0. The van der Waals surface area contributed by atoms with Crippen LogP contribution in [0.15, 0.2) is 42.5 Å². The highest BCUT2D eigenvalue weighted by Crippen LogP contribution is 2.17. The van der Waals surface area contributed by atoms with E-state index in [1.165, 1.54) is 6.07 Å². The minimum absolute atomic E-state index is 0.237. The van der Waals surface area contributed by atoms with Gasteiger partial charge in [0.15, 0.2) is 0 Å². The summed E-state index contributed by atoms with van der Waals surface area (Å²) < 4.78 is 13.9. The van der Waals surface area contributed by atoms with Crippen molar-refractivity contribution in [3.8, 4) is 0 Å². The Bertz CT molecular complexity index is 598. The molecule has 0 fully saturated rings. The van der Waals surface area contributed by atoms with E-state index in [-0.39, 0.29) is 11.7 Å². The first kappa shape index (κ1) is 13.0. The highest BCUT2D eigenvalue weighted by Gasteiger charge is 2.07. The number of halogens is 2. The fraction of sp³-hybridized carbons (Fsp3) is 0.0714. The number of nitrogens with one attached hydrogen (secondary N) is 1. The molecule has 1 N–H and O–H groups in total. The van der Waals surface area contributed by atoms with E-state index >= 15 is 0 Å². The molecule has 0 aliphatic heterocycles. The molecule has 1 amide bonds. The molecular weight excluding hydrogens is 344 g/mol. The smallest absolute Gasteiger partial charge is 0.255 e. The van der Waals surface area contributed by atoms with Crippen LogP contribution in [0.3, 0.4) is 0 Å². The molecule has 0 bridgehead atoms. The van der Waals surface area contributed by atoms with Gasteiger partial charge in [0.1, 0.15) is 5.82 Å². The monoisotopic (exact) mass is 355 g/mol. The van der Waals surface area contributed by atoms with Crippen LogP contribution < -0.4 is 5.32 Å². The molecule has 2 rings (SSSR count). The Morgan fingerprint density at radius 1 is 1.22 bits per heavy atom. The van der Waals surface area contributed by atoms with Crippen LogP contribution in [0, 0.1) is 16.3 Å². The van der Waals surface area contributed by atoms with E-state index in [2.05, 4.69) is 5.32 Å². The van der Waals surface area contributed by atoms with Gasteiger partial charge in [-0.1, -0.05) is 17.7 Å². The second-order valence-corrected chi connectivity index (χ2v) is 5.11. The quantitative estimate of drug-likeness (QED) is 0.811. The molecule has 2 aromatic carbocycles. The summed E-state index contributed by atoms with van der Waals surface area (Å²) in [5, 5.41) is 2.67. The molecule has 2 aromatic rings. The number of carbonyl (C=O) groups is 1. The minimum atomic E-state index is -0.336. The average molecular weight is 355 g/mol. The molecule has 0 radical (unpaired) electrons. The first-order valence-corrected chi connectivity index (χ1v) is 6.47. The molecule has 18 heavy (non-hydrogen) atoms. The van der Waals surface area contributed by atoms with Gasteiger partial charge < -0.3 is 5.32 Å². The van der Waals surface area contributed by atoms with E-state index in [9.17, 15) is 9.18 Å². The largest absolute Gasteiger partial charge is 0.322 e. The van der Waals surface area contributed by atoms with Crippen LogP contribution in [0.5, 0.6) is 0 Å². The number of carbonyl (C=O) groups excluding carboxylic acids is 1. The van der Waals surface area contributed by atoms with Crippen molar-refractivity contribution >= 4 is 34.2 Å². The van der Waals surface area contributed by atoms with E-state index in [0.29, 0.717) is 14.8 Å². The summed E-state index contributed by atoms with van der Waals surface area (Å²) >= 11 is 1.90. The topological polar surface area (TPSA) is 29.1 Å². The van der Waals surface area contributed by atoms with Crippen LogP contribution in [-0.2, 0) is 0 Å². The summed E-state index contributed by atoms with van der Waals surface area (Å²) in [5.41, 5.74) is 2.03. The van der Waals surface area contributed by atoms with Crippen LogP contribution in [0.25, 0.3) is 0 Å². The lowest BCUT2D eigenvalue weighted by molar-refractivity contribution is 0.102. The van der Waals surface area contributed by atoms with Gasteiger partial charge in [0.2, 0.25) is 0 Å². The maximum atomic E-state index is 13.3. The molecule has 0 unspecified atom stereocenters. The highest BCUT2D eigenvalue weighted by atomic mass is 127. The van der Waals surface area contributed by atoms with Crippen molar-refractivity contribution in [2.24, 2.45) is 0 Å². The third-order valence-corrected chi connectivity index (χ3v) is 3.33. The Hall–Kier alpha value is -1.43. The van der Waals surface area contributed by atoms with Gasteiger partial charge in [-0.25, -0.2) is 4.39 Å². The van der Waals surface area contributed by atoms with Crippen LogP contribution in [0.2, 0.25) is 0 Å². The zero-order valence-electron chi connectivity index (χ0n) is 9.71. The maximum Gasteiger partial charge on any atom is 0.255 e. The predicted octanol–water partition coefficient (Wildman–Crippen LogP) is 3.99. The zero-order chi connectivity index (χ0) is 13.1. The normalized spacial score (nSPS) is 10.2. The summed E-state index contributed by atoms with van der Waals surface area (Å²) in [6, 6.07) is 11.9. The third-order valence-electron chi connectivity index (χ3n) is 2.46. The van der Waals surface area contributed by atoms with E-state index in [4.69, 9.17) is 0 Å². The molecule has 0 atom stereocenters. The first-order chi connectivity index (χ1) is 8.56. The number of hydrogen-bond donors (Lipinski definition) is 1. The number of hydrogen-bond acceptors (Lipinski definition) is 1. The zero-order valence-corrected chi connectivity index (χ0v) is 11.9. The molecule has 0 aliphatic carbocycles. The molecule has 4 heteroatoms. The molecular formula is C14H11FINO. The van der Waals surface area contributed by atoms with Gasteiger partial charge in [0.25, 0.3) is 5.91 Å². The molecule has 0 aliphatic rings. The van der Waals surface area contributed by atoms with Gasteiger partial charge >= 0.3 is 0 Å². The molecule has 0 spiro atoms. The first-order valence-electron chi connectivity index (χ1n) is 5.39. The van der Waals surface area contributed by atoms with Crippen molar-refractivity contribution in [1.29, 1.82) is 0 Å². The van der Waals surface area contributed by atoms with E-state index in [1.54, 1.807) is 24.3 Å². The van der Waals surface area contributed by atoms with Crippen LogP contribution in [0.1, 0.15) is 15.9 Å². The van der Waals surface area contributed by atoms with Gasteiger partial charge in [-0.15, -0.1) is 0 Å². The third kappa shape index (κ3) is 3.07. The highest BCUT2D eigenvalue weighted by molar-refractivity contribution is 14.1. The fourth-order valence-corrected chi connectivity index (χ4v) is 1.90. The lowest BCUT2D eigenvalue weighted by Crippen LogP contribution is -2.12. The van der Waals surface area contributed by atoms with Crippen molar-refractivity contribution in [2.45, 2.75) is 6.92 Å². The van der Waals surface area contributed by atoms with E-state index in [0.717, 1.165) is 5.56 Å². The Labute approximate surface area is 118 Å². The molecule has 0 heterocycles. The van der Waals surface area contributed by atoms with E-state index in [1.807, 2.05) is 41.6 Å². The SMILES string of the molecule is Cc1cccc(C(=O)Nc2ccc(I)c(F)c2)c1. The Balaban J connectivity index is 2.18. The van der Waals surface area contributed by atoms with Crippen LogP contribution >= 0.6 is 22.6 Å². The van der Waals surface area contributed by atoms with Crippen molar-refractivity contribution in [3.63, 3.8) is 0 Å². The molecule has 0 aromatic heterocycles. The second kappa shape index (κ2) is 5.48. The lowest BCUT2D eigenvalue weighted by atomic mass is 10.1. The van der Waals surface area contributed by atoms with Crippen molar-refractivity contribution in [1.82, 2.24) is 0 Å². The Morgan fingerprint density at radius 2 is 2.00 bits per heavy atom. The Kier molecular flexibility index (Phi) is 3.96. The Morgan fingerprint density at radius 3 is 2.67 bits per heavy atom. The van der Waals surface area contributed by atoms with Gasteiger partial charge in [-0.3, -0.25) is 4.79 Å². The summed E-state index contributed by atoms with van der Waals surface area (Å²) in [5.74, 6) is -0.572. The van der Waals surface area contributed by atoms with Gasteiger partial charge in [-0.2, -0.15) is 0 Å². The number of aryl methyl sites for hydroxylation is 1. The second-order valence-electron chi connectivity index (χ2n) is 3.95. The molecule has 92 valence electrons. The number of rotatable bonds is 2.